The van der Waals surface area contributed by atoms with Crippen LogP contribution in [0.3, 0.4) is 0 Å². The van der Waals surface area contributed by atoms with Crippen molar-refractivity contribution in [2.45, 2.75) is 38.8 Å². The molecule has 1 atom stereocenters. The van der Waals surface area contributed by atoms with Gasteiger partial charge in [-0.05, 0) is 30.7 Å². The van der Waals surface area contributed by atoms with E-state index in [-0.39, 0.29) is 41.5 Å². The summed E-state index contributed by atoms with van der Waals surface area (Å²) in [6, 6.07) is 13.8. The molecule has 0 unspecified atom stereocenters. The summed E-state index contributed by atoms with van der Waals surface area (Å²) in [5.41, 5.74) is 3.64. The first-order valence-corrected chi connectivity index (χ1v) is 14.7. The van der Waals surface area contributed by atoms with E-state index >= 15 is 0 Å². The van der Waals surface area contributed by atoms with Crippen molar-refractivity contribution in [1.29, 1.82) is 0 Å². The molecule has 2 heterocycles. The van der Waals surface area contributed by atoms with Crippen molar-refractivity contribution < 1.29 is 27.6 Å². The van der Waals surface area contributed by atoms with Gasteiger partial charge in [0.1, 0.15) is 17.3 Å². The second-order valence-corrected chi connectivity index (χ2v) is 11.3. The number of rotatable bonds is 9. The van der Waals surface area contributed by atoms with E-state index in [1.54, 1.807) is 29.2 Å². The Balaban J connectivity index is 1.53. The minimum absolute atomic E-state index is 0.0369. The van der Waals surface area contributed by atoms with Crippen molar-refractivity contribution in [3.8, 4) is 5.75 Å². The lowest BCUT2D eigenvalue weighted by Gasteiger charge is -2.37. The molecule has 0 aliphatic carbocycles. The molecule has 0 radical (unpaired) electrons. The van der Waals surface area contributed by atoms with Crippen molar-refractivity contribution in [2.24, 2.45) is 5.73 Å². The number of benzene rings is 3. The van der Waals surface area contributed by atoms with Gasteiger partial charge < -0.3 is 15.7 Å². The standard InChI is InChI=1S/C32H32F4N6O5/c1-20-29(39-14-12-38(13-15-39)17-21-6-4-7-22(16-21)42(46)47)30(44)41(19-27(37)23-8-2-3-11-28(23)43)31(45)40(20)18-24-25(32(34,35)36)9-5-10-26(24)33/h2-11,16,27,43H,12-15,17-19,37H2,1H3/t27-/m1/s1. The number of aromatic nitrogens is 2. The van der Waals surface area contributed by atoms with Crippen LogP contribution in [0, 0.1) is 22.9 Å². The third kappa shape index (κ3) is 7.05. The molecule has 1 saturated heterocycles. The first-order chi connectivity index (χ1) is 22.3. The molecule has 47 heavy (non-hydrogen) atoms. The van der Waals surface area contributed by atoms with Crippen molar-refractivity contribution >= 4 is 11.4 Å². The lowest BCUT2D eigenvalue weighted by atomic mass is 10.1. The van der Waals surface area contributed by atoms with Gasteiger partial charge in [-0.2, -0.15) is 13.2 Å². The number of phenolic OH excluding ortho intramolecular Hbond substituents is 1. The predicted molar refractivity (Wildman–Crippen MR) is 166 cm³/mol. The van der Waals surface area contributed by atoms with Gasteiger partial charge in [0.2, 0.25) is 0 Å². The number of hydrogen-bond acceptors (Lipinski definition) is 8. The van der Waals surface area contributed by atoms with E-state index < -0.39 is 58.4 Å². The summed E-state index contributed by atoms with van der Waals surface area (Å²) in [5, 5.41) is 21.5. The molecule has 0 amide bonds. The van der Waals surface area contributed by atoms with Crippen LogP contribution in [0.5, 0.6) is 5.75 Å². The molecule has 15 heteroatoms. The molecular weight excluding hydrogens is 624 g/mol. The molecule has 3 N–H and O–H groups in total. The van der Waals surface area contributed by atoms with E-state index in [9.17, 15) is 42.4 Å². The average molecular weight is 657 g/mol. The Hall–Kier alpha value is -5.02. The fourth-order valence-corrected chi connectivity index (χ4v) is 5.89. The number of aromatic hydroxyl groups is 1. The summed E-state index contributed by atoms with van der Waals surface area (Å²) in [7, 11) is 0. The molecule has 0 spiro atoms. The van der Waals surface area contributed by atoms with Crippen LogP contribution in [0.4, 0.5) is 28.9 Å². The third-order valence-corrected chi connectivity index (χ3v) is 8.33. The first-order valence-electron chi connectivity index (χ1n) is 14.7. The van der Waals surface area contributed by atoms with Gasteiger partial charge in [0.05, 0.1) is 29.6 Å². The maximum atomic E-state index is 14.9. The first kappa shape index (κ1) is 33.3. The van der Waals surface area contributed by atoms with Crippen molar-refractivity contribution in [1.82, 2.24) is 14.0 Å². The van der Waals surface area contributed by atoms with Gasteiger partial charge in [0.15, 0.2) is 0 Å². The van der Waals surface area contributed by atoms with E-state index in [1.807, 2.05) is 4.90 Å². The normalized spacial score (nSPS) is 14.7. The molecule has 1 aliphatic rings. The van der Waals surface area contributed by atoms with Gasteiger partial charge in [0.25, 0.3) is 11.2 Å². The number of nitrogens with zero attached hydrogens (tertiary/aromatic N) is 5. The molecule has 1 fully saturated rings. The Bertz CT molecular complexity index is 1920. The number of alkyl halides is 3. The van der Waals surface area contributed by atoms with Crippen LogP contribution in [0.15, 0.2) is 76.3 Å². The van der Waals surface area contributed by atoms with E-state index in [4.69, 9.17) is 5.73 Å². The van der Waals surface area contributed by atoms with Gasteiger partial charge in [-0.3, -0.25) is 28.9 Å². The Morgan fingerprint density at radius 2 is 1.64 bits per heavy atom. The highest BCUT2D eigenvalue weighted by atomic mass is 19.4. The molecule has 5 rings (SSSR count). The molecule has 11 nitrogen and oxygen atoms in total. The highest BCUT2D eigenvalue weighted by molar-refractivity contribution is 5.50. The summed E-state index contributed by atoms with van der Waals surface area (Å²) in [6.07, 6.45) is -4.91. The topological polar surface area (TPSA) is 140 Å². The molecule has 1 aliphatic heterocycles. The van der Waals surface area contributed by atoms with E-state index in [1.165, 1.54) is 31.2 Å². The zero-order valence-electron chi connectivity index (χ0n) is 25.3. The second-order valence-electron chi connectivity index (χ2n) is 11.3. The van der Waals surface area contributed by atoms with Crippen LogP contribution in [0.2, 0.25) is 0 Å². The highest BCUT2D eigenvalue weighted by Gasteiger charge is 2.35. The lowest BCUT2D eigenvalue weighted by Crippen LogP contribution is -2.51. The van der Waals surface area contributed by atoms with Gasteiger partial charge in [0, 0.05) is 61.7 Å². The molecule has 4 aromatic rings. The Morgan fingerprint density at radius 1 is 0.957 bits per heavy atom. The Morgan fingerprint density at radius 3 is 2.30 bits per heavy atom. The fraction of sp³-hybridized carbons (Fsp3) is 0.312. The van der Waals surface area contributed by atoms with Crippen LogP contribution >= 0.6 is 0 Å². The summed E-state index contributed by atoms with van der Waals surface area (Å²) in [6.45, 7) is 2.00. The Kier molecular flexibility index (Phi) is 9.49. The molecule has 0 saturated carbocycles. The molecule has 3 aromatic carbocycles. The third-order valence-electron chi connectivity index (χ3n) is 8.33. The SMILES string of the molecule is Cc1c(N2CCN(Cc3cccc([N+](=O)[O-])c3)CC2)c(=O)n(C[C@@H](N)c2ccccc2O)c(=O)n1Cc1c(F)cccc1C(F)(F)F. The van der Waals surface area contributed by atoms with Crippen LogP contribution in [-0.2, 0) is 25.8 Å². The lowest BCUT2D eigenvalue weighted by molar-refractivity contribution is -0.384. The summed E-state index contributed by atoms with van der Waals surface area (Å²) in [4.78, 5) is 42.3. The minimum Gasteiger partial charge on any atom is -0.508 e. The van der Waals surface area contributed by atoms with Crippen molar-refractivity contribution in [3.63, 3.8) is 0 Å². The van der Waals surface area contributed by atoms with E-state index in [2.05, 4.69) is 0 Å². The predicted octanol–water partition coefficient (Wildman–Crippen LogP) is 4.16. The highest BCUT2D eigenvalue weighted by Crippen LogP contribution is 2.34. The van der Waals surface area contributed by atoms with Crippen LogP contribution in [-0.4, -0.2) is 50.2 Å². The zero-order chi connectivity index (χ0) is 34.0. The quantitative estimate of drug-likeness (QED) is 0.156. The number of halogens is 4. The smallest absolute Gasteiger partial charge is 0.416 e. The maximum absolute atomic E-state index is 14.9. The molecule has 248 valence electrons. The number of non-ortho nitro benzene ring substituents is 1. The summed E-state index contributed by atoms with van der Waals surface area (Å²) in [5.74, 6) is -1.33. The van der Waals surface area contributed by atoms with Crippen LogP contribution in [0.25, 0.3) is 0 Å². The number of hydrogen-bond donors (Lipinski definition) is 2. The second kappa shape index (κ2) is 13.4. The maximum Gasteiger partial charge on any atom is 0.416 e. The molecule has 1 aromatic heterocycles. The van der Waals surface area contributed by atoms with E-state index in [0.29, 0.717) is 19.6 Å². The number of piperazine rings is 1. The minimum atomic E-state index is -4.91. The monoisotopic (exact) mass is 656 g/mol. The number of para-hydroxylation sites is 1. The fourth-order valence-electron chi connectivity index (χ4n) is 5.89. The van der Waals surface area contributed by atoms with Gasteiger partial charge >= 0.3 is 11.9 Å². The number of nitro groups is 1. The zero-order valence-corrected chi connectivity index (χ0v) is 25.3. The number of nitrogens with two attached hydrogens (primary N) is 1. The van der Waals surface area contributed by atoms with Crippen LogP contribution in [0.1, 0.15) is 34.0 Å². The van der Waals surface area contributed by atoms with Crippen molar-refractivity contribution in [3.05, 3.63) is 131 Å². The molecular formula is C32H32F4N6O5. The number of anilines is 1. The number of nitro benzene ring substituents is 1. The van der Waals surface area contributed by atoms with Gasteiger partial charge in [-0.1, -0.05) is 36.4 Å². The van der Waals surface area contributed by atoms with Gasteiger partial charge in [-0.15, -0.1) is 0 Å². The van der Waals surface area contributed by atoms with Crippen molar-refractivity contribution in [2.75, 3.05) is 31.1 Å². The number of phenols is 1. The van der Waals surface area contributed by atoms with Gasteiger partial charge in [-0.25, -0.2) is 9.18 Å². The van der Waals surface area contributed by atoms with E-state index in [0.717, 1.165) is 32.9 Å². The van der Waals surface area contributed by atoms with Crippen LogP contribution < -0.4 is 21.9 Å². The Labute approximate surface area is 265 Å². The summed E-state index contributed by atoms with van der Waals surface area (Å²) < 4.78 is 58.4. The largest absolute Gasteiger partial charge is 0.508 e. The molecule has 0 bridgehead atoms. The average Bonchev–Trinajstić information content (AvgIpc) is 3.02. The summed E-state index contributed by atoms with van der Waals surface area (Å²) >= 11 is 0.